The van der Waals surface area contributed by atoms with Gasteiger partial charge in [0.05, 0.1) is 0 Å². The summed E-state index contributed by atoms with van der Waals surface area (Å²) in [7, 11) is 0. The number of carbonyl (C=O) groups is 2. The molecule has 0 fully saturated rings. The third-order valence-electron chi connectivity index (χ3n) is 4.49. The molecule has 150 valence electrons. The number of rotatable bonds is 9. The van der Waals surface area contributed by atoms with Crippen molar-refractivity contribution in [2.24, 2.45) is 0 Å². The van der Waals surface area contributed by atoms with E-state index in [2.05, 4.69) is 21.2 Å². The van der Waals surface area contributed by atoms with Crippen molar-refractivity contribution in [3.8, 4) is 5.75 Å². The maximum atomic E-state index is 12.9. The van der Waals surface area contributed by atoms with Crippen molar-refractivity contribution in [2.75, 3.05) is 19.7 Å². The van der Waals surface area contributed by atoms with Gasteiger partial charge < -0.3 is 15.0 Å². The minimum atomic E-state index is -0.564. The predicted molar refractivity (Wildman–Crippen MR) is 114 cm³/mol. The van der Waals surface area contributed by atoms with Gasteiger partial charge in [-0.1, -0.05) is 46.3 Å². The molecule has 0 radical (unpaired) electrons. The fourth-order valence-electron chi connectivity index (χ4n) is 2.83. The number of aryl methyl sites for hydroxylation is 1. The smallest absolute Gasteiger partial charge is 0.261 e. The van der Waals surface area contributed by atoms with Crippen molar-refractivity contribution in [3.05, 3.63) is 64.1 Å². The van der Waals surface area contributed by atoms with Crippen LogP contribution >= 0.6 is 15.9 Å². The third-order valence-corrected chi connectivity index (χ3v) is 5.38. The molecule has 0 aliphatic rings. The summed E-state index contributed by atoms with van der Waals surface area (Å²) in [5, 5.41) is 2.79. The first-order valence-corrected chi connectivity index (χ1v) is 10.2. The van der Waals surface area contributed by atoms with E-state index in [1.165, 1.54) is 0 Å². The number of ether oxygens (including phenoxy) is 1. The van der Waals surface area contributed by atoms with Crippen LogP contribution in [0.15, 0.2) is 53.0 Å². The van der Waals surface area contributed by atoms with Crippen LogP contribution in [-0.4, -0.2) is 42.5 Å². The molecule has 5 nitrogen and oxygen atoms in total. The Bertz CT molecular complexity index is 796. The van der Waals surface area contributed by atoms with Gasteiger partial charge in [-0.25, -0.2) is 0 Å². The molecule has 1 N–H and O–H groups in total. The molecular weight excluding hydrogens is 420 g/mol. The Morgan fingerprint density at radius 3 is 2.54 bits per heavy atom. The number of benzene rings is 2. The van der Waals surface area contributed by atoms with Crippen molar-refractivity contribution in [3.63, 3.8) is 0 Å². The van der Waals surface area contributed by atoms with Gasteiger partial charge in [0.2, 0.25) is 5.91 Å². The number of nitrogens with zero attached hydrogens (tertiary/aromatic N) is 1. The number of hydrogen-bond donors (Lipinski definition) is 1. The Balaban J connectivity index is 2.06. The van der Waals surface area contributed by atoms with Gasteiger partial charge >= 0.3 is 0 Å². The number of carbonyl (C=O) groups excluding carboxylic acids is 2. The van der Waals surface area contributed by atoms with Crippen LogP contribution in [0.5, 0.6) is 5.75 Å². The van der Waals surface area contributed by atoms with Crippen molar-refractivity contribution in [2.45, 2.75) is 33.2 Å². The quantitative estimate of drug-likeness (QED) is 0.638. The molecule has 2 amide bonds. The molecule has 28 heavy (non-hydrogen) atoms. The lowest BCUT2D eigenvalue weighted by molar-refractivity contribution is -0.141. The van der Waals surface area contributed by atoms with E-state index < -0.39 is 6.04 Å². The Morgan fingerprint density at radius 2 is 1.89 bits per heavy atom. The maximum Gasteiger partial charge on any atom is 0.261 e. The van der Waals surface area contributed by atoms with E-state index in [4.69, 9.17) is 4.74 Å². The highest BCUT2D eigenvalue weighted by atomic mass is 79.9. The van der Waals surface area contributed by atoms with Gasteiger partial charge in [-0.2, -0.15) is 0 Å². The predicted octanol–water partition coefficient (Wildman–Crippen LogP) is 3.73. The van der Waals surface area contributed by atoms with Crippen LogP contribution in [0.25, 0.3) is 0 Å². The summed E-state index contributed by atoms with van der Waals surface area (Å²) < 4.78 is 6.67. The van der Waals surface area contributed by atoms with Crippen LogP contribution in [0.3, 0.4) is 0 Å². The first-order chi connectivity index (χ1) is 13.4. The molecule has 1 atom stereocenters. The lowest BCUT2D eigenvalue weighted by Crippen LogP contribution is -2.50. The Kier molecular flexibility index (Phi) is 8.51. The fraction of sp³-hybridized carbons (Fsp3) is 0.364. The van der Waals surface area contributed by atoms with E-state index in [9.17, 15) is 9.59 Å². The Labute approximate surface area is 175 Å². The number of likely N-dealkylation sites (N-methyl/N-ethyl adjacent to an activating group) is 1. The minimum absolute atomic E-state index is 0.112. The van der Waals surface area contributed by atoms with Crippen molar-refractivity contribution in [1.82, 2.24) is 10.2 Å². The average Bonchev–Trinajstić information content (AvgIpc) is 2.69. The van der Waals surface area contributed by atoms with Crippen molar-refractivity contribution in [1.29, 1.82) is 0 Å². The fourth-order valence-corrected chi connectivity index (χ4v) is 3.07. The standard InChI is InChI=1S/C22H27BrN2O3/c1-4-24-22(27)17(3)25(13-12-18-8-6-5-7-9-18)21(26)15-28-19-10-11-20(23)16(2)14-19/h5-11,14,17H,4,12-13,15H2,1-3H3,(H,24,27). The highest BCUT2D eigenvalue weighted by Crippen LogP contribution is 2.21. The summed E-state index contributed by atoms with van der Waals surface area (Å²) >= 11 is 3.45. The van der Waals surface area contributed by atoms with E-state index in [0.29, 0.717) is 25.3 Å². The summed E-state index contributed by atoms with van der Waals surface area (Å²) in [6.07, 6.45) is 0.674. The molecule has 6 heteroatoms. The first kappa shape index (κ1) is 22.0. The van der Waals surface area contributed by atoms with Gasteiger partial charge in [0.1, 0.15) is 11.8 Å². The molecule has 0 spiro atoms. The molecule has 2 rings (SSSR count). The van der Waals surface area contributed by atoms with Gasteiger partial charge in [-0.05, 0) is 56.5 Å². The molecule has 2 aromatic carbocycles. The summed E-state index contributed by atoms with van der Waals surface area (Å²) in [5.41, 5.74) is 2.15. The monoisotopic (exact) mass is 446 g/mol. The van der Waals surface area contributed by atoms with Crippen LogP contribution in [0.2, 0.25) is 0 Å². The molecule has 0 heterocycles. The SMILES string of the molecule is CCNC(=O)C(C)N(CCc1ccccc1)C(=O)COc1ccc(Br)c(C)c1. The topological polar surface area (TPSA) is 58.6 Å². The lowest BCUT2D eigenvalue weighted by Gasteiger charge is -2.28. The molecule has 0 aliphatic heterocycles. The average molecular weight is 447 g/mol. The third kappa shape index (κ3) is 6.37. The molecule has 0 saturated carbocycles. The van der Waals surface area contributed by atoms with Gasteiger partial charge in [-0.15, -0.1) is 0 Å². The highest BCUT2D eigenvalue weighted by molar-refractivity contribution is 9.10. The largest absolute Gasteiger partial charge is 0.484 e. The van der Waals surface area contributed by atoms with Gasteiger partial charge in [0, 0.05) is 17.6 Å². The van der Waals surface area contributed by atoms with Crippen LogP contribution in [-0.2, 0) is 16.0 Å². The number of halogens is 1. The molecular formula is C22H27BrN2O3. The van der Waals surface area contributed by atoms with Crippen LogP contribution in [0.4, 0.5) is 0 Å². The Morgan fingerprint density at radius 1 is 1.18 bits per heavy atom. The Hall–Kier alpha value is -2.34. The normalized spacial score (nSPS) is 11.6. The zero-order valence-electron chi connectivity index (χ0n) is 16.6. The van der Waals surface area contributed by atoms with E-state index in [1.807, 2.05) is 62.4 Å². The first-order valence-electron chi connectivity index (χ1n) is 9.42. The van der Waals surface area contributed by atoms with E-state index >= 15 is 0 Å². The second-order valence-electron chi connectivity index (χ2n) is 6.59. The van der Waals surface area contributed by atoms with Gasteiger partial charge in [-0.3, -0.25) is 9.59 Å². The number of amides is 2. The lowest BCUT2D eigenvalue weighted by atomic mass is 10.1. The second kappa shape index (κ2) is 10.9. The zero-order chi connectivity index (χ0) is 20.5. The molecule has 0 aliphatic carbocycles. The minimum Gasteiger partial charge on any atom is -0.484 e. The zero-order valence-corrected chi connectivity index (χ0v) is 18.2. The van der Waals surface area contributed by atoms with Gasteiger partial charge in [0.15, 0.2) is 6.61 Å². The van der Waals surface area contributed by atoms with Crippen LogP contribution in [0, 0.1) is 6.92 Å². The van der Waals surface area contributed by atoms with Crippen molar-refractivity contribution < 1.29 is 14.3 Å². The second-order valence-corrected chi connectivity index (χ2v) is 7.45. The van der Waals surface area contributed by atoms with E-state index in [0.717, 1.165) is 15.6 Å². The van der Waals surface area contributed by atoms with Gasteiger partial charge in [0.25, 0.3) is 5.91 Å². The molecule has 0 saturated heterocycles. The maximum absolute atomic E-state index is 12.9. The van der Waals surface area contributed by atoms with Crippen LogP contribution in [0.1, 0.15) is 25.0 Å². The van der Waals surface area contributed by atoms with E-state index in [1.54, 1.807) is 11.8 Å². The number of hydrogen-bond acceptors (Lipinski definition) is 3. The molecule has 2 aromatic rings. The highest BCUT2D eigenvalue weighted by Gasteiger charge is 2.25. The molecule has 0 aromatic heterocycles. The summed E-state index contributed by atoms with van der Waals surface area (Å²) in [5.74, 6) is 0.251. The number of nitrogens with one attached hydrogen (secondary N) is 1. The van der Waals surface area contributed by atoms with E-state index in [-0.39, 0.29) is 18.4 Å². The summed E-state index contributed by atoms with van der Waals surface area (Å²) in [6, 6.07) is 14.9. The summed E-state index contributed by atoms with van der Waals surface area (Å²) in [4.78, 5) is 26.7. The van der Waals surface area contributed by atoms with Crippen LogP contribution < -0.4 is 10.1 Å². The summed E-state index contributed by atoms with van der Waals surface area (Å²) in [6.45, 7) is 6.43. The molecule has 0 bridgehead atoms. The molecule has 1 unspecified atom stereocenters. The van der Waals surface area contributed by atoms with Crippen molar-refractivity contribution >= 4 is 27.7 Å².